The molecule has 190 valence electrons. The van der Waals surface area contributed by atoms with Crippen LogP contribution >= 0.6 is 0 Å². The lowest BCUT2D eigenvalue weighted by molar-refractivity contribution is -0.159. The number of carboxylic acid groups (broad SMARTS) is 2. The molecule has 1 atom stereocenters. The summed E-state index contributed by atoms with van der Waals surface area (Å²) < 4.78 is 9.21. The summed E-state index contributed by atoms with van der Waals surface area (Å²) >= 11 is 0. The van der Waals surface area contributed by atoms with Crippen LogP contribution in [0.4, 0.5) is 0 Å². The van der Waals surface area contributed by atoms with E-state index in [0.29, 0.717) is 6.10 Å². The molecule has 0 spiro atoms. The van der Waals surface area contributed by atoms with Gasteiger partial charge in [-0.1, -0.05) is 54.6 Å². The topological polar surface area (TPSA) is 105 Å². The first-order chi connectivity index (χ1) is 17.4. The highest BCUT2D eigenvalue weighted by molar-refractivity contribution is 6.27. The van der Waals surface area contributed by atoms with E-state index in [0.717, 1.165) is 57.6 Å². The minimum atomic E-state index is -1.82. The number of carboxylic acids is 2. The number of nitrogens with zero attached hydrogens (tertiary/aromatic N) is 3. The minimum absolute atomic E-state index is 0.0671. The summed E-state index contributed by atoms with van der Waals surface area (Å²) in [6, 6.07) is 19.5. The van der Waals surface area contributed by atoms with Gasteiger partial charge in [0.05, 0.1) is 6.10 Å². The monoisotopic (exact) mass is 491 g/mol. The predicted octanol–water partition coefficient (Wildman–Crippen LogP) is 3.58. The Balaban J connectivity index is 0.000000455. The lowest BCUT2D eigenvalue weighted by Crippen LogP contribution is -2.35. The normalized spacial score (nSPS) is 17.8. The zero-order valence-electron chi connectivity index (χ0n) is 20.5. The van der Waals surface area contributed by atoms with Crippen LogP contribution in [0.2, 0.25) is 0 Å². The fraction of sp³-hybridized carbons (Fsp3) is 0.393. The molecule has 5 rings (SSSR count). The number of rotatable bonds is 5. The Labute approximate surface area is 211 Å². The van der Waals surface area contributed by atoms with Crippen molar-refractivity contribution >= 4 is 11.9 Å². The first-order valence-electron chi connectivity index (χ1n) is 12.4. The third-order valence-corrected chi connectivity index (χ3v) is 6.84. The molecule has 2 aliphatic heterocycles. The number of aliphatic carboxylic acids is 2. The van der Waals surface area contributed by atoms with Crippen molar-refractivity contribution in [2.24, 2.45) is 0 Å². The maximum Gasteiger partial charge on any atom is 0.414 e. The van der Waals surface area contributed by atoms with Gasteiger partial charge in [0, 0.05) is 31.5 Å². The molecule has 2 N–H and O–H groups in total. The molecule has 3 heterocycles. The molecule has 1 aromatic heterocycles. The molecule has 1 unspecified atom stereocenters. The van der Waals surface area contributed by atoms with Gasteiger partial charge in [-0.25, -0.2) is 14.6 Å². The van der Waals surface area contributed by atoms with Crippen molar-refractivity contribution in [1.29, 1.82) is 0 Å². The maximum atomic E-state index is 9.10. The van der Waals surface area contributed by atoms with Crippen molar-refractivity contribution in [3.63, 3.8) is 0 Å². The molecule has 0 radical (unpaired) electrons. The Morgan fingerprint density at radius 2 is 1.61 bits per heavy atom. The fourth-order valence-electron chi connectivity index (χ4n) is 4.85. The molecular weight excluding hydrogens is 458 g/mol. The SMILES string of the molecule is CN1CCC(OC2c3ccccc3CCn3c(CCc4ccccc4)cnc32)CC1.O=C(O)C(=O)O. The van der Waals surface area contributed by atoms with E-state index >= 15 is 0 Å². The van der Waals surface area contributed by atoms with Gasteiger partial charge >= 0.3 is 11.9 Å². The number of fused-ring (bicyclic) bond motifs is 2. The second-order valence-corrected chi connectivity index (χ2v) is 9.32. The van der Waals surface area contributed by atoms with Crippen molar-refractivity contribution in [2.75, 3.05) is 20.1 Å². The highest BCUT2D eigenvalue weighted by Crippen LogP contribution is 2.35. The van der Waals surface area contributed by atoms with Gasteiger partial charge < -0.3 is 24.4 Å². The van der Waals surface area contributed by atoms with Crippen LogP contribution in [0.1, 0.15) is 47.2 Å². The highest BCUT2D eigenvalue weighted by Gasteiger charge is 2.30. The van der Waals surface area contributed by atoms with Gasteiger partial charge in [-0.05, 0) is 55.8 Å². The Bertz CT molecular complexity index is 1160. The van der Waals surface area contributed by atoms with E-state index in [1.807, 2.05) is 0 Å². The van der Waals surface area contributed by atoms with Crippen molar-refractivity contribution < 1.29 is 24.5 Å². The van der Waals surface area contributed by atoms with Crippen LogP contribution in [-0.4, -0.2) is 62.8 Å². The molecule has 0 saturated carbocycles. The zero-order valence-corrected chi connectivity index (χ0v) is 20.5. The predicted molar refractivity (Wildman–Crippen MR) is 135 cm³/mol. The van der Waals surface area contributed by atoms with E-state index in [4.69, 9.17) is 29.5 Å². The number of likely N-dealkylation sites (tertiary alicyclic amines) is 1. The van der Waals surface area contributed by atoms with Crippen LogP contribution < -0.4 is 0 Å². The third-order valence-electron chi connectivity index (χ3n) is 6.84. The van der Waals surface area contributed by atoms with Crippen LogP contribution in [0.25, 0.3) is 0 Å². The minimum Gasteiger partial charge on any atom is -0.473 e. The summed E-state index contributed by atoms with van der Waals surface area (Å²) in [5.41, 5.74) is 5.40. The zero-order chi connectivity index (χ0) is 25.5. The molecule has 0 amide bonds. The van der Waals surface area contributed by atoms with Gasteiger partial charge in [-0.3, -0.25) is 0 Å². The number of benzene rings is 2. The van der Waals surface area contributed by atoms with E-state index in [9.17, 15) is 0 Å². The van der Waals surface area contributed by atoms with Crippen molar-refractivity contribution in [3.05, 3.63) is 89.0 Å². The van der Waals surface area contributed by atoms with Gasteiger partial charge in [0.1, 0.15) is 11.9 Å². The van der Waals surface area contributed by atoms with E-state index in [-0.39, 0.29) is 6.10 Å². The summed E-state index contributed by atoms with van der Waals surface area (Å²) in [4.78, 5) is 25.5. The van der Waals surface area contributed by atoms with Crippen LogP contribution in [-0.2, 0) is 40.1 Å². The van der Waals surface area contributed by atoms with Crippen molar-refractivity contribution in [3.8, 4) is 0 Å². The lowest BCUT2D eigenvalue weighted by atomic mass is 10.00. The van der Waals surface area contributed by atoms with Crippen molar-refractivity contribution in [1.82, 2.24) is 14.5 Å². The maximum absolute atomic E-state index is 9.10. The number of aromatic nitrogens is 2. The largest absolute Gasteiger partial charge is 0.473 e. The van der Waals surface area contributed by atoms with Gasteiger partial charge in [0.2, 0.25) is 0 Å². The summed E-state index contributed by atoms with van der Waals surface area (Å²) in [7, 11) is 2.20. The summed E-state index contributed by atoms with van der Waals surface area (Å²) in [5, 5.41) is 14.8. The van der Waals surface area contributed by atoms with Crippen molar-refractivity contribution in [2.45, 2.75) is 50.9 Å². The molecule has 1 fully saturated rings. The Hall–Kier alpha value is -3.49. The Kier molecular flexibility index (Phi) is 8.51. The summed E-state index contributed by atoms with van der Waals surface area (Å²) in [6.45, 7) is 3.19. The second-order valence-electron chi connectivity index (χ2n) is 9.32. The van der Waals surface area contributed by atoms with Gasteiger partial charge in [0.15, 0.2) is 0 Å². The van der Waals surface area contributed by atoms with E-state index in [2.05, 4.69) is 77.3 Å². The van der Waals surface area contributed by atoms with E-state index in [1.165, 1.54) is 22.4 Å². The molecule has 8 heteroatoms. The molecule has 0 aliphatic carbocycles. The fourth-order valence-corrected chi connectivity index (χ4v) is 4.85. The highest BCUT2D eigenvalue weighted by atomic mass is 16.5. The van der Waals surface area contributed by atoms with Crippen LogP contribution in [0, 0.1) is 0 Å². The lowest BCUT2D eigenvalue weighted by Gasteiger charge is -2.32. The average Bonchev–Trinajstić information content (AvgIpc) is 3.22. The average molecular weight is 492 g/mol. The van der Waals surface area contributed by atoms with Crippen LogP contribution in [0.15, 0.2) is 60.8 Å². The summed E-state index contributed by atoms with van der Waals surface area (Å²) in [6.07, 6.45) is 7.58. The third kappa shape index (κ3) is 6.38. The van der Waals surface area contributed by atoms with Gasteiger partial charge in [0.25, 0.3) is 0 Å². The van der Waals surface area contributed by atoms with Gasteiger partial charge in [-0.2, -0.15) is 0 Å². The van der Waals surface area contributed by atoms with E-state index in [1.54, 1.807) is 0 Å². The molecule has 0 bridgehead atoms. The molecule has 2 aliphatic rings. The van der Waals surface area contributed by atoms with Crippen LogP contribution in [0.5, 0.6) is 0 Å². The molecule has 36 heavy (non-hydrogen) atoms. The number of hydrogen-bond donors (Lipinski definition) is 2. The standard InChI is InChI=1S/C26H31N3O.C2H2O4/c1-28-16-14-23(15-17-28)30-25-24-10-6-5-9-21(24)13-18-29-22(19-27-26(25)29)12-11-20-7-3-2-4-8-20;3-1(4)2(5)6/h2-10,19,23,25H,11-18H2,1H3;(H,3,4)(H,5,6). The molecule has 1 saturated heterocycles. The number of imidazole rings is 1. The van der Waals surface area contributed by atoms with E-state index < -0.39 is 11.9 Å². The first kappa shape index (κ1) is 25.6. The Morgan fingerprint density at radius 1 is 0.944 bits per heavy atom. The number of aryl methyl sites for hydroxylation is 3. The number of hydrogen-bond acceptors (Lipinski definition) is 5. The molecule has 3 aromatic rings. The number of piperidine rings is 1. The number of carbonyl (C=O) groups is 2. The molecule has 8 nitrogen and oxygen atoms in total. The summed E-state index contributed by atoms with van der Waals surface area (Å²) in [5.74, 6) is -2.56. The first-order valence-corrected chi connectivity index (χ1v) is 12.4. The van der Waals surface area contributed by atoms with Crippen LogP contribution in [0.3, 0.4) is 0 Å². The smallest absolute Gasteiger partial charge is 0.414 e. The quantitative estimate of drug-likeness (QED) is 0.526. The second kappa shape index (κ2) is 12.0. The molecule has 2 aromatic carbocycles. The number of ether oxygens (including phenoxy) is 1. The molecular formula is C28H33N3O5. The Morgan fingerprint density at radius 3 is 2.31 bits per heavy atom. The van der Waals surface area contributed by atoms with Gasteiger partial charge in [-0.15, -0.1) is 0 Å².